The zero-order chi connectivity index (χ0) is 12.7. The van der Waals surface area contributed by atoms with E-state index in [1.807, 2.05) is 17.5 Å². The van der Waals surface area contributed by atoms with Gasteiger partial charge in [0.05, 0.1) is 11.1 Å². The van der Waals surface area contributed by atoms with Gasteiger partial charge in [-0.2, -0.15) is 9.61 Å². The molecule has 4 aromatic heterocycles. The third-order valence-electron chi connectivity index (χ3n) is 2.51. The molecule has 0 unspecified atom stereocenters. The van der Waals surface area contributed by atoms with Crippen molar-refractivity contribution < 1.29 is 0 Å². The Morgan fingerprint density at radius 1 is 1.16 bits per heavy atom. The van der Waals surface area contributed by atoms with Crippen molar-refractivity contribution in [1.82, 2.24) is 29.8 Å². The smallest absolute Gasteiger partial charge is 0.235 e. The van der Waals surface area contributed by atoms with E-state index < -0.39 is 0 Å². The molecule has 4 rings (SSSR count). The highest BCUT2D eigenvalue weighted by molar-refractivity contribution is 7.19. The first-order valence-corrected chi connectivity index (χ1v) is 7.14. The van der Waals surface area contributed by atoms with Gasteiger partial charge < -0.3 is 0 Å². The largest absolute Gasteiger partial charge is 0.261 e. The number of aromatic nitrogens is 6. The molecule has 0 saturated heterocycles. The lowest BCUT2D eigenvalue weighted by molar-refractivity contribution is 0.968. The predicted octanol–water partition coefficient (Wildman–Crippen LogP) is 2.37. The molecule has 0 spiro atoms. The average Bonchev–Trinajstić information content (AvgIpc) is 3.15. The van der Waals surface area contributed by atoms with Gasteiger partial charge in [-0.3, -0.25) is 9.97 Å². The van der Waals surface area contributed by atoms with Gasteiger partial charge in [-0.25, -0.2) is 0 Å². The molecule has 0 atom stereocenters. The number of rotatable bonds is 2. The molecule has 0 bridgehead atoms. The number of nitrogens with zero attached hydrogens (tertiary/aromatic N) is 6. The van der Waals surface area contributed by atoms with Crippen molar-refractivity contribution in [3.8, 4) is 21.4 Å². The van der Waals surface area contributed by atoms with Crippen LogP contribution < -0.4 is 0 Å². The molecule has 4 aromatic rings. The first kappa shape index (κ1) is 10.7. The van der Waals surface area contributed by atoms with Crippen LogP contribution in [0.2, 0.25) is 0 Å². The second-order valence-corrected chi connectivity index (χ2v) is 5.60. The molecular formula is C11H6N6S2. The molecule has 0 aliphatic rings. The first-order valence-electron chi connectivity index (χ1n) is 5.44. The minimum atomic E-state index is 0.745. The summed E-state index contributed by atoms with van der Waals surface area (Å²) in [5.41, 5.74) is 0.745. The summed E-state index contributed by atoms with van der Waals surface area (Å²) in [6.07, 6.45) is 4.98. The lowest BCUT2D eigenvalue weighted by atomic mass is 10.4. The Labute approximate surface area is 115 Å². The summed E-state index contributed by atoms with van der Waals surface area (Å²) in [6, 6.07) is 3.99. The topological polar surface area (TPSA) is 68.9 Å². The summed E-state index contributed by atoms with van der Waals surface area (Å²) in [5, 5.41) is 15.6. The first-order chi connectivity index (χ1) is 9.42. The fourth-order valence-corrected chi connectivity index (χ4v) is 3.18. The van der Waals surface area contributed by atoms with Gasteiger partial charge >= 0.3 is 0 Å². The lowest BCUT2D eigenvalue weighted by Crippen LogP contribution is -1.90. The summed E-state index contributed by atoms with van der Waals surface area (Å²) in [6.45, 7) is 0. The number of hydrogen-bond donors (Lipinski definition) is 0. The Bertz CT molecular complexity index is 818. The van der Waals surface area contributed by atoms with Crippen LogP contribution in [0.25, 0.3) is 26.4 Å². The molecule has 4 heterocycles. The van der Waals surface area contributed by atoms with Crippen molar-refractivity contribution in [2.24, 2.45) is 0 Å². The van der Waals surface area contributed by atoms with Gasteiger partial charge in [0, 0.05) is 12.4 Å². The minimum Gasteiger partial charge on any atom is -0.261 e. The van der Waals surface area contributed by atoms with Crippen molar-refractivity contribution in [2.75, 3.05) is 0 Å². The van der Waals surface area contributed by atoms with E-state index >= 15 is 0 Å². The second-order valence-electron chi connectivity index (χ2n) is 3.69. The summed E-state index contributed by atoms with van der Waals surface area (Å²) in [7, 11) is 0. The zero-order valence-electron chi connectivity index (χ0n) is 9.46. The van der Waals surface area contributed by atoms with Crippen LogP contribution >= 0.6 is 22.7 Å². The molecule has 0 aliphatic carbocycles. The van der Waals surface area contributed by atoms with Gasteiger partial charge in [0.15, 0.2) is 10.8 Å². The van der Waals surface area contributed by atoms with E-state index in [9.17, 15) is 0 Å². The molecular weight excluding hydrogens is 280 g/mol. The molecule has 0 N–H and O–H groups in total. The van der Waals surface area contributed by atoms with E-state index in [0.717, 1.165) is 26.4 Å². The molecule has 19 heavy (non-hydrogen) atoms. The van der Waals surface area contributed by atoms with Crippen molar-refractivity contribution >= 4 is 27.6 Å². The fourth-order valence-electron chi connectivity index (χ4n) is 1.69. The SMILES string of the molecule is c1csc(-c2nnc3sc(-c4cnccn4)nn23)c1. The highest BCUT2D eigenvalue weighted by atomic mass is 32.1. The zero-order valence-corrected chi connectivity index (χ0v) is 11.1. The van der Waals surface area contributed by atoms with Crippen LogP contribution in [0.1, 0.15) is 0 Å². The van der Waals surface area contributed by atoms with Crippen molar-refractivity contribution in [3.63, 3.8) is 0 Å². The van der Waals surface area contributed by atoms with Crippen LogP contribution in [0, 0.1) is 0 Å². The maximum atomic E-state index is 4.51. The second kappa shape index (κ2) is 4.18. The molecule has 0 aromatic carbocycles. The molecule has 6 nitrogen and oxygen atoms in total. The average molecular weight is 286 g/mol. The molecule has 0 radical (unpaired) electrons. The minimum absolute atomic E-state index is 0.745. The third kappa shape index (κ3) is 1.72. The third-order valence-corrected chi connectivity index (χ3v) is 4.30. The van der Waals surface area contributed by atoms with Crippen LogP contribution in [0.3, 0.4) is 0 Å². The van der Waals surface area contributed by atoms with Gasteiger partial charge in [-0.1, -0.05) is 17.4 Å². The highest BCUT2D eigenvalue weighted by Crippen LogP contribution is 2.28. The van der Waals surface area contributed by atoms with Crippen molar-refractivity contribution in [2.45, 2.75) is 0 Å². The summed E-state index contributed by atoms with van der Waals surface area (Å²) >= 11 is 3.06. The molecule has 0 fully saturated rings. The summed E-state index contributed by atoms with van der Waals surface area (Å²) in [5.74, 6) is 0.761. The summed E-state index contributed by atoms with van der Waals surface area (Å²) in [4.78, 5) is 10.1. The fraction of sp³-hybridized carbons (Fsp3) is 0. The van der Waals surface area contributed by atoms with E-state index in [4.69, 9.17) is 0 Å². The standard InChI is InChI=1S/C11H6N6S2/c1-2-8(18-5-1)9-14-15-11-17(9)16-10(19-11)7-6-12-3-4-13-7/h1-6H. The van der Waals surface area contributed by atoms with Crippen LogP contribution in [0.4, 0.5) is 0 Å². The maximum absolute atomic E-state index is 4.51. The van der Waals surface area contributed by atoms with Crippen LogP contribution in [-0.4, -0.2) is 29.8 Å². The number of fused-ring (bicyclic) bond motifs is 1. The Morgan fingerprint density at radius 3 is 2.95 bits per heavy atom. The molecule has 0 amide bonds. The van der Waals surface area contributed by atoms with E-state index in [1.54, 1.807) is 34.4 Å². The van der Waals surface area contributed by atoms with Gasteiger partial charge in [-0.05, 0) is 11.4 Å². The highest BCUT2D eigenvalue weighted by Gasteiger charge is 2.15. The van der Waals surface area contributed by atoms with Crippen molar-refractivity contribution in [1.29, 1.82) is 0 Å². The van der Waals surface area contributed by atoms with E-state index in [1.165, 1.54) is 11.3 Å². The number of thiophene rings is 1. The van der Waals surface area contributed by atoms with Crippen LogP contribution in [0.15, 0.2) is 36.1 Å². The monoisotopic (exact) mass is 286 g/mol. The Morgan fingerprint density at radius 2 is 2.16 bits per heavy atom. The number of hydrogen-bond acceptors (Lipinski definition) is 7. The molecule has 92 valence electrons. The van der Waals surface area contributed by atoms with E-state index in [2.05, 4.69) is 25.3 Å². The molecule has 0 saturated carbocycles. The van der Waals surface area contributed by atoms with E-state index in [0.29, 0.717) is 0 Å². The Hall–Kier alpha value is -2.19. The van der Waals surface area contributed by atoms with Gasteiger partial charge in [0.1, 0.15) is 5.69 Å². The quantitative estimate of drug-likeness (QED) is 0.566. The van der Waals surface area contributed by atoms with Gasteiger partial charge in [0.25, 0.3) is 0 Å². The summed E-state index contributed by atoms with van der Waals surface area (Å²) < 4.78 is 1.75. The molecule has 0 aliphatic heterocycles. The normalized spacial score (nSPS) is 11.2. The predicted molar refractivity (Wildman–Crippen MR) is 73.0 cm³/mol. The van der Waals surface area contributed by atoms with Gasteiger partial charge in [-0.15, -0.1) is 21.5 Å². The Balaban J connectivity index is 1.89. The van der Waals surface area contributed by atoms with E-state index in [-0.39, 0.29) is 0 Å². The van der Waals surface area contributed by atoms with Crippen molar-refractivity contribution in [3.05, 3.63) is 36.1 Å². The maximum Gasteiger partial charge on any atom is 0.235 e. The lowest BCUT2D eigenvalue weighted by Gasteiger charge is -1.92. The Kier molecular flexibility index (Phi) is 2.35. The van der Waals surface area contributed by atoms with Crippen LogP contribution in [0.5, 0.6) is 0 Å². The van der Waals surface area contributed by atoms with Gasteiger partial charge in [0.2, 0.25) is 4.96 Å². The van der Waals surface area contributed by atoms with Crippen LogP contribution in [-0.2, 0) is 0 Å². The molecule has 8 heteroatoms.